The summed E-state index contributed by atoms with van der Waals surface area (Å²) in [5.74, 6) is 0.907. The molecule has 2 aromatic rings. The van der Waals surface area contributed by atoms with Crippen molar-refractivity contribution in [2.75, 3.05) is 18.2 Å². The first-order valence-electron chi connectivity index (χ1n) is 9.12. The van der Waals surface area contributed by atoms with E-state index in [0.29, 0.717) is 51.7 Å². The zero-order chi connectivity index (χ0) is 21.8. The second-order valence-electron chi connectivity index (χ2n) is 6.31. The maximum absolute atomic E-state index is 13.0. The molecule has 0 unspecified atom stereocenters. The van der Waals surface area contributed by atoms with Gasteiger partial charge in [0.15, 0.2) is 11.5 Å². The molecule has 5 nitrogen and oxygen atoms in total. The van der Waals surface area contributed by atoms with Crippen molar-refractivity contribution in [3.05, 3.63) is 68.6 Å². The predicted octanol–water partition coefficient (Wildman–Crippen LogP) is 6.53. The molecular weight excluding hydrogens is 491 g/mol. The van der Waals surface area contributed by atoms with E-state index in [4.69, 9.17) is 32.7 Å². The van der Waals surface area contributed by atoms with Crippen LogP contribution in [-0.2, 0) is 4.79 Å². The molecule has 30 heavy (non-hydrogen) atoms. The standard InChI is InChI=1S/C22H19BrCl2N2O3/c1-4-8-30-21-12-17(23)14(10-20(21)29-5-2)9-16-13(3)26-27(22(16)28)15-6-7-18(24)19(25)11-15/h4,6-7,9-12H,1,5,8H2,2-3H3. The largest absolute Gasteiger partial charge is 0.490 e. The van der Waals surface area contributed by atoms with Crippen molar-refractivity contribution in [2.24, 2.45) is 5.10 Å². The van der Waals surface area contributed by atoms with Gasteiger partial charge in [-0.05, 0) is 55.8 Å². The first-order chi connectivity index (χ1) is 14.3. The van der Waals surface area contributed by atoms with E-state index in [-0.39, 0.29) is 5.91 Å². The number of amides is 1. The summed E-state index contributed by atoms with van der Waals surface area (Å²) in [6.07, 6.45) is 3.43. The van der Waals surface area contributed by atoms with Crippen LogP contribution in [-0.4, -0.2) is 24.8 Å². The maximum atomic E-state index is 13.0. The number of rotatable bonds is 7. The second kappa shape index (κ2) is 9.69. The van der Waals surface area contributed by atoms with Gasteiger partial charge in [-0.1, -0.05) is 51.8 Å². The molecule has 0 aromatic heterocycles. The fourth-order valence-corrected chi connectivity index (χ4v) is 3.55. The molecule has 1 amide bonds. The molecule has 0 radical (unpaired) electrons. The van der Waals surface area contributed by atoms with Crippen molar-refractivity contribution < 1.29 is 14.3 Å². The van der Waals surface area contributed by atoms with Gasteiger partial charge in [-0.2, -0.15) is 10.1 Å². The number of anilines is 1. The SMILES string of the molecule is C=CCOc1cc(Br)c(C=C2C(=O)N(c3ccc(Cl)c(Cl)c3)N=C2C)cc1OCC. The predicted molar refractivity (Wildman–Crippen MR) is 126 cm³/mol. The van der Waals surface area contributed by atoms with Gasteiger partial charge in [-0.3, -0.25) is 4.79 Å². The summed E-state index contributed by atoms with van der Waals surface area (Å²) in [6.45, 7) is 8.17. The molecular formula is C22H19BrCl2N2O3. The monoisotopic (exact) mass is 508 g/mol. The summed E-state index contributed by atoms with van der Waals surface area (Å²) in [5, 5.41) is 6.46. The number of benzene rings is 2. The molecule has 1 aliphatic heterocycles. The van der Waals surface area contributed by atoms with Crippen molar-refractivity contribution in [2.45, 2.75) is 13.8 Å². The number of hydrogen-bond donors (Lipinski definition) is 0. The summed E-state index contributed by atoms with van der Waals surface area (Å²) in [6, 6.07) is 8.56. The first kappa shape index (κ1) is 22.4. The Morgan fingerprint density at radius 2 is 1.90 bits per heavy atom. The van der Waals surface area contributed by atoms with Gasteiger partial charge < -0.3 is 9.47 Å². The lowest BCUT2D eigenvalue weighted by Gasteiger charge is -2.14. The Morgan fingerprint density at radius 1 is 1.17 bits per heavy atom. The first-order valence-corrected chi connectivity index (χ1v) is 10.7. The number of nitrogens with zero attached hydrogens (tertiary/aromatic N) is 2. The molecule has 0 N–H and O–H groups in total. The van der Waals surface area contributed by atoms with Crippen LogP contribution in [0.4, 0.5) is 5.69 Å². The van der Waals surface area contributed by atoms with E-state index in [9.17, 15) is 4.79 Å². The quantitative estimate of drug-likeness (QED) is 0.315. The molecule has 0 spiro atoms. The van der Waals surface area contributed by atoms with Crippen LogP contribution in [0.2, 0.25) is 10.0 Å². The van der Waals surface area contributed by atoms with Crippen molar-refractivity contribution in [1.29, 1.82) is 0 Å². The molecule has 8 heteroatoms. The molecule has 0 bridgehead atoms. The Hall–Kier alpha value is -2.28. The van der Waals surface area contributed by atoms with E-state index in [1.807, 2.05) is 19.1 Å². The highest BCUT2D eigenvalue weighted by Crippen LogP contribution is 2.36. The van der Waals surface area contributed by atoms with Crippen molar-refractivity contribution in [1.82, 2.24) is 0 Å². The number of carbonyl (C=O) groups is 1. The number of hydrazone groups is 1. The van der Waals surface area contributed by atoms with Crippen molar-refractivity contribution >= 4 is 62.5 Å². The van der Waals surface area contributed by atoms with Gasteiger partial charge in [0, 0.05) is 4.47 Å². The molecule has 0 fully saturated rings. The Balaban J connectivity index is 1.97. The maximum Gasteiger partial charge on any atom is 0.280 e. The molecule has 2 aromatic carbocycles. The zero-order valence-corrected chi connectivity index (χ0v) is 19.5. The summed E-state index contributed by atoms with van der Waals surface area (Å²) < 4.78 is 12.1. The van der Waals surface area contributed by atoms with Gasteiger partial charge in [0.1, 0.15) is 6.61 Å². The third kappa shape index (κ3) is 4.72. The van der Waals surface area contributed by atoms with Crippen LogP contribution >= 0.6 is 39.1 Å². The van der Waals surface area contributed by atoms with Crippen LogP contribution < -0.4 is 14.5 Å². The summed E-state index contributed by atoms with van der Waals surface area (Å²) in [5.41, 5.74) is 2.35. The van der Waals surface area contributed by atoms with Gasteiger partial charge in [0.25, 0.3) is 5.91 Å². The Labute approximate surface area is 193 Å². The highest BCUT2D eigenvalue weighted by Gasteiger charge is 2.29. The smallest absolute Gasteiger partial charge is 0.280 e. The minimum Gasteiger partial charge on any atom is -0.490 e. The van der Waals surface area contributed by atoms with Gasteiger partial charge in [-0.25, -0.2) is 0 Å². The van der Waals surface area contributed by atoms with E-state index in [1.165, 1.54) is 5.01 Å². The molecule has 0 atom stereocenters. The molecule has 0 saturated heterocycles. The van der Waals surface area contributed by atoms with Gasteiger partial charge in [0.2, 0.25) is 0 Å². The van der Waals surface area contributed by atoms with E-state index < -0.39 is 0 Å². The lowest BCUT2D eigenvalue weighted by atomic mass is 10.1. The number of ether oxygens (including phenoxy) is 2. The summed E-state index contributed by atoms with van der Waals surface area (Å²) in [7, 11) is 0. The minimum atomic E-state index is -0.261. The molecule has 0 aliphatic carbocycles. The Kier molecular flexibility index (Phi) is 7.23. The van der Waals surface area contributed by atoms with Crippen LogP contribution in [0.1, 0.15) is 19.4 Å². The number of carbonyl (C=O) groups excluding carboxylic acids is 1. The third-order valence-corrected chi connectivity index (χ3v) is 5.66. The zero-order valence-electron chi connectivity index (χ0n) is 16.4. The van der Waals surface area contributed by atoms with Crippen LogP contribution in [0.25, 0.3) is 6.08 Å². The Bertz CT molecular complexity index is 1070. The highest BCUT2D eigenvalue weighted by atomic mass is 79.9. The fraction of sp³-hybridized carbons (Fsp3) is 0.182. The van der Waals surface area contributed by atoms with Crippen LogP contribution in [0.15, 0.2) is 58.1 Å². The average molecular weight is 510 g/mol. The average Bonchev–Trinajstić information content (AvgIpc) is 2.99. The highest BCUT2D eigenvalue weighted by molar-refractivity contribution is 9.10. The van der Waals surface area contributed by atoms with E-state index in [1.54, 1.807) is 37.3 Å². The normalized spacial score (nSPS) is 14.8. The van der Waals surface area contributed by atoms with Crippen molar-refractivity contribution in [3.63, 3.8) is 0 Å². The van der Waals surface area contributed by atoms with Crippen LogP contribution in [0.5, 0.6) is 11.5 Å². The van der Waals surface area contributed by atoms with Gasteiger partial charge >= 0.3 is 0 Å². The second-order valence-corrected chi connectivity index (χ2v) is 7.98. The topological polar surface area (TPSA) is 51.1 Å². The van der Waals surface area contributed by atoms with Gasteiger partial charge in [-0.15, -0.1) is 0 Å². The van der Waals surface area contributed by atoms with E-state index >= 15 is 0 Å². The van der Waals surface area contributed by atoms with Crippen LogP contribution in [0.3, 0.4) is 0 Å². The number of halogens is 3. The summed E-state index contributed by atoms with van der Waals surface area (Å²) >= 11 is 15.6. The molecule has 156 valence electrons. The minimum absolute atomic E-state index is 0.261. The van der Waals surface area contributed by atoms with Gasteiger partial charge in [0.05, 0.1) is 33.6 Å². The van der Waals surface area contributed by atoms with E-state index in [2.05, 4.69) is 27.6 Å². The summed E-state index contributed by atoms with van der Waals surface area (Å²) in [4.78, 5) is 13.0. The fourth-order valence-electron chi connectivity index (χ4n) is 2.82. The Morgan fingerprint density at radius 3 is 2.57 bits per heavy atom. The van der Waals surface area contributed by atoms with E-state index in [0.717, 1.165) is 10.0 Å². The third-order valence-electron chi connectivity index (χ3n) is 4.23. The lowest BCUT2D eigenvalue weighted by Crippen LogP contribution is -2.21. The lowest BCUT2D eigenvalue weighted by molar-refractivity contribution is -0.114. The molecule has 1 heterocycles. The molecule has 1 aliphatic rings. The van der Waals surface area contributed by atoms with Crippen molar-refractivity contribution in [3.8, 4) is 11.5 Å². The molecule has 3 rings (SSSR count). The van der Waals surface area contributed by atoms with Crippen LogP contribution in [0, 0.1) is 0 Å². The molecule has 0 saturated carbocycles. The number of hydrogen-bond acceptors (Lipinski definition) is 4.